The Bertz CT molecular complexity index is 992. The van der Waals surface area contributed by atoms with Crippen LogP contribution in [-0.2, 0) is 10.3 Å². The molecule has 2 heterocycles. The van der Waals surface area contributed by atoms with E-state index in [0.717, 1.165) is 22.4 Å². The standard InChI is InChI=1S/C26H28N2O3/c1-20(21-11-13-22(14-12-21)24-10-5-6-17-27-24)28-18-16-26(15-7-19-29,31-25(28)30)23-8-3-2-4-9-23/h2-6,8-14,17,20,29H,7,15-16,18-19H2,1H3/t20-,26?/m0/s1. The first kappa shape index (κ1) is 21.1. The number of amides is 1. The van der Waals surface area contributed by atoms with Gasteiger partial charge >= 0.3 is 6.09 Å². The maximum atomic E-state index is 13.1. The van der Waals surface area contributed by atoms with Gasteiger partial charge in [-0.1, -0.05) is 60.7 Å². The molecule has 1 fully saturated rings. The van der Waals surface area contributed by atoms with Gasteiger partial charge in [0, 0.05) is 31.3 Å². The number of carbonyl (C=O) groups excluding carboxylic acids is 1. The van der Waals surface area contributed by atoms with E-state index in [9.17, 15) is 9.90 Å². The average molecular weight is 417 g/mol. The maximum Gasteiger partial charge on any atom is 0.411 e. The molecule has 0 bridgehead atoms. The highest BCUT2D eigenvalue weighted by atomic mass is 16.6. The first-order valence-corrected chi connectivity index (χ1v) is 10.8. The first-order chi connectivity index (χ1) is 15.1. The van der Waals surface area contributed by atoms with Gasteiger partial charge < -0.3 is 14.7 Å². The van der Waals surface area contributed by atoms with E-state index in [1.807, 2.05) is 79.7 Å². The van der Waals surface area contributed by atoms with Gasteiger partial charge in [0.2, 0.25) is 0 Å². The molecule has 4 rings (SSSR count). The van der Waals surface area contributed by atoms with Crippen LogP contribution >= 0.6 is 0 Å². The van der Waals surface area contributed by atoms with E-state index in [2.05, 4.69) is 4.98 Å². The summed E-state index contributed by atoms with van der Waals surface area (Å²) in [5.74, 6) is 0. The van der Waals surface area contributed by atoms with Gasteiger partial charge in [-0.05, 0) is 43.0 Å². The Balaban J connectivity index is 1.51. The molecule has 1 aliphatic rings. The molecule has 0 radical (unpaired) electrons. The second-order valence-electron chi connectivity index (χ2n) is 8.01. The first-order valence-electron chi connectivity index (χ1n) is 10.8. The Labute approximate surface area is 183 Å². The lowest BCUT2D eigenvalue weighted by Gasteiger charge is -2.43. The van der Waals surface area contributed by atoms with Crippen LogP contribution < -0.4 is 0 Å². The number of aliphatic hydroxyl groups is 1. The monoisotopic (exact) mass is 416 g/mol. The highest BCUT2D eigenvalue weighted by molar-refractivity contribution is 5.70. The topological polar surface area (TPSA) is 62.7 Å². The van der Waals surface area contributed by atoms with E-state index in [0.29, 0.717) is 25.8 Å². The van der Waals surface area contributed by atoms with Crippen LogP contribution in [0.1, 0.15) is 43.4 Å². The van der Waals surface area contributed by atoms with E-state index in [4.69, 9.17) is 4.74 Å². The van der Waals surface area contributed by atoms with Crippen LogP contribution in [0.25, 0.3) is 11.3 Å². The fraction of sp³-hybridized carbons (Fsp3) is 0.308. The molecule has 160 valence electrons. The molecule has 0 saturated carbocycles. The predicted octanol–water partition coefficient (Wildman–Crippen LogP) is 5.32. The third-order valence-electron chi connectivity index (χ3n) is 6.13. The van der Waals surface area contributed by atoms with Gasteiger partial charge in [-0.3, -0.25) is 4.98 Å². The zero-order valence-corrected chi connectivity index (χ0v) is 17.8. The second-order valence-corrected chi connectivity index (χ2v) is 8.01. The number of aromatic nitrogens is 1. The Hall–Kier alpha value is -3.18. The van der Waals surface area contributed by atoms with Crippen molar-refractivity contribution in [1.82, 2.24) is 9.88 Å². The van der Waals surface area contributed by atoms with Crippen molar-refractivity contribution in [2.24, 2.45) is 0 Å². The SMILES string of the molecule is C[C@@H](c1ccc(-c2ccccn2)cc1)N1CCC(CCCO)(c2ccccc2)OC1=O. The summed E-state index contributed by atoms with van der Waals surface area (Å²) in [5.41, 5.74) is 3.34. The van der Waals surface area contributed by atoms with Crippen LogP contribution in [0.4, 0.5) is 4.79 Å². The summed E-state index contributed by atoms with van der Waals surface area (Å²) in [6.45, 7) is 2.71. The van der Waals surface area contributed by atoms with E-state index in [1.165, 1.54) is 0 Å². The van der Waals surface area contributed by atoms with Gasteiger partial charge in [0.05, 0.1) is 11.7 Å². The molecule has 0 aliphatic carbocycles. The smallest absolute Gasteiger partial charge is 0.411 e. The molecule has 1 amide bonds. The van der Waals surface area contributed by atoms with Crippen LogP contribution in [0.15, 0.2) is 79.0 Å². The van der Waals surface area contributed by atoms with Gasteiger partial charge in [0.25, 0.3) is 0 Å². The number of nitrogens with zero attached hydrogens (tertiary/aromatic N) is 2. The second kappa shape index (κ2) is 9.31. The van der Waals surface area contributed by atoms with Crippen LogP contribution in [0, 0.1) is 0 Å². The Morgan fingerprint density at radius 3 is 2.45 bits per heavy atom. The molecule has 5 nitrogen and oxygen atoms in total. The lowest BCUT2D eigenvalue weighted by molar-refractivity contribution is -0.0680. The number of ether oxygens (including phenoxy) is 1. The van der Waals surface area contributed by atoms with Gasteiger partial charge in [0.15, 0.2) is 0 Å². The van der Waals surface area contributed by atoms with Crippen molar-refractivity contribution in [3.63, 3.8) is 0 Å². The minimum atomic E-state index is -0.680. The van der Waals surface area contributed by atoms with Crippen molar-refractivity contribution >= 4 is 6.09 Å². The summed E-state index contributed by atoms with van der Waals surface area (Å²) >= 11 is 0. The van der Waals surface area contributed by atoms with E-state index in [1.54, 1.807) is 11.1 Å². The lowest BCUT2D eigenvalue weighted by atomic mass is 9.84. The highest BCUT2D eigenvalue weighted by Gasteiger charge is 2.43. The summed E-state index contributed by atoms with van der Waals surface area (Å²) in [5, 5.41) is 9.36. The fourth-order valence-corrected chi connectivity index (χ4v) is 4.30. The summed E-state index contributed by atoms with van der Waals surface area (Å²) in [4.78, 5) is 19.3. The normalized spacial score (nSPS) is 19.7. The lowest BCUT2D eigenvalue weighted by Crippen LogP contribution is -2.48. The number of rotatable bonds is 7. The van der Waals surface area contributed by atoms with Gasteiger partial charge in [-0.15, -0.1) is 0 Å². The van der Waals surface area contributed by atoms with Crippen molar-refractivity contribution in [3.05, 3.63) is 90.1 Å². The third kappa shape index (κ3) is 4.47. The zero-order chi connectivity index (χ0) is 21.7. The van der Waals surface area contributed by atoms with Gasteiger partial charge in [0.1, 0.15) is 5.60 Å². The number of benzene rings is 2. The van der Waals surface area contributed by atoms with Gasteiger partial charge in [-0.25, -0.2) is 4.79 Å². The number of aliphatic hydroxyl groups excluding tert-OH is 1. The molecule has 1 saturated heterocycles. The summed E-state index contributed by atoms with van der Waals surface area (Å²) in [6, 6.07) is 23.8. The molecule has 31 heavy (non-hydrogen) atoms. The van der Waals surface area contributed by atoms with Crippen molar-refractivity contribution in [1.29, 1.82) is 0 Å². The minimum Gasteiger partial charge on any atom is -0.438 e. The fourth-order valence-electron chi connectivity index (χ4n) is 4.30. The number of hydrogen-bond donors (Lipinski definition) is 1. The molecule has 2 aromatic carbocycles. The molecule has 0 spiro atoms. The molecular weight excluding hydrogens is 388 g/mol. The molecule has 1 aliphatic heterocycles. The number of pyridine rings is 1. The maximum absolute atomic E-state index is 13.1. The summed E-state index contributed by atoms with van der Waals surface area (Å²) in [7, 11) is 0. The van der Waals surface area contributed by atoms with Crippen LogP contribution in [0.3, 0.4) is 0 Å². The molecular formula is C26H28N2O3. The summed E-state index contributed by atoms with van der Waals surface area (Å²) < 4.78 is 6.08. The average Bonchev–Trinajstić information content (AvgIpc) is 2.83. The van der Waals surface area contributed by atoms with Crippen molar-refractivity contribution in [3.8, 4) is 11.3 Å². The third-order valence-corrected chi connectivity index (χ3v) is 6.13. The Kier molecular flexibility index (Phi) is 6.33. The number of carbonyl (C=O) groups is 1. The predicted molar refractivity (Wildman–Crippen MR) is 120 cm³/mol. The molecule has 1 unspecified atom stereocenters. The van der Waals surface area contributed by atoms with Crippen molar-refractivity contribution in [2.45, 2.75) is 37.8 Å². The Morgan fingerprint density at radius 1 is 1.06 bits per heavy atom. The Morgan fingerprint density at radius 2 is 1.81 bits per heavy atom. The largest absolute Gasteiger partial charge is 0.438 e. The van der Waals surface area contributed by atoms with E-state index >= 15 is 0 Å². The molecule has 1 N–H and O–H groups in total. The van der Waals surface area contributed by atoms with E-state index < -0.39 is 5.60 Å². The highest BCUT2D eigenvalue weighted by Crippen LogP contribution is 2.40. The van der Waals surface area contributed by atoms with E-state index in [-0.39, 0.29) is 18.7 Å². The van der Waals surface area contributed by atoms with Gasteiger partial charge in [-0.2, -0.15) is 0 Å². The molecule has 2 atom stereocenters. The molecule has 3 aromatic rings. The summed E-state index contributed by atoms with van der Waals surface area (Å²) in [6.07, 6.45) is 3.37. The number of cyclic esters (lactones) is 1. The van der Waals surface area contributed by atoms with Crippen molar-refractivity contribution in [2.75, 3.05) is 13.2 Å². The molecule has 5 heteroatoms. The zero-order valence-electron chi connectivity index (χ0n) is 17.8. The van der Waals surface area contributed by atoms with Crippen LogP contribution in [-0.4, -0.2) is 34.2 Å². The van der Waals surface area contributed by atoms with Crippen LogP contribution in [0.2, 0.25) is 0 Å². The molecule has 1 aromatic heterocycles. The number of hydrogen-bond acceptors (Lipinski definition) is 4. The van der Waals surface area contributed by atoms with Crippen molar-refractivity contribution < 1.29 is 14.6 Å². The van der Waals surface area contributed by atoms with Crippen LogP contribution in [0.5, 0.6) is 0 Å². The quantitative estimate of drug-likeness (QED) is 0.566. The minimum absolute atomic E-state index is 0.0782.